The number of carbonyl (C=O) groups excluding carboxylic acids is 2. The van der Waals surface area contributed by atoms with Crippen molar-refractivity contribution in [3.8, 4) is 11.6 Å². The Hall–Kier alpha value is -2.98. The summed E-state index contributed by atoms with van der Waals surface area (Å²) in [5, 5.41) is 8.01. The van der Waals surface area contributed by atoms with Crippen LogP contribution in [0.15, 0.2) is 16.5 Å². The third-order valence-corrected chi connectivity index (χ3v) is 4.07. The Bertz CT molecular complexity index is 916. The van der Waals surface area contributed by atoms with E-state index >= 15 is 0 Å². The smallest absolute Gasteiger partial charge is 0.410 e. The first-order valence-electron chi connectivity index (χ1n) is 9.08. The van der Waals surface area contributed by atoms with Crippen LogP contribution in [0.3, 0.4) is 0 Å². The van der Waals surface area contributed by atoms with Crippen LogP contribution in [-0.4, -0.2) is 50.5 Å². The Labute approximate surface area is 165 Å². The monoisotopic (exact) mass is 412 g/mol. The van der Waals surface area contributed by atoms with Gasteiger partial charge in [-0.1, -0.05) is 0 Å². The van der Waals surface area contributed by atoms with Crippen molar-refractivity contribution >= 4 is 12.1 Å². The first-order valence-corrected chi connectivity index (χ1v) is 9.08. The third-order valence-electron chi connectivity index (χ3n) is 4.07. The Kier molecular flexibility index (Phi) is 5.33. The van der Waals surface area contributed by atoms with Crippen molar-refractivity contribution in [1.82, 2.24) is 19.7 Å². The lowest BCUT2D eigenvalue weighted by Crippen LogP contribution is -2.41. The minimum Gasteiger partial charge on any atom is -0.461 e. The van der Waals surface area contributed by atoms with E-state index in [1.54, 1.807) is 25.3 Å². The minimum absolute atomic E-state index is 0.0356. The molecule has 0 aliphatic carbocycles. The van der Waals surface area contributed by atoms with Gasteiger partial charge in [0.15, 0.2) is 23.2 Å². The number of halogens is 2. The van der Waals surface area contributed by atoms with E-state index in [2.05, 4.69) is 14.9 Å². The number of carbonyl (C=O) groups is 2. The predicted molar refractivity (Wildman–Crippen MR) is 94.9 cm³/mol. The van der Waals surface area contributed by atoms with Gasteiger partial charge in [-0.3, -0.25) is 4.90 Å². The maximum atomic E-state index is 14.1. The molecule has 11 heteroatoms. The number of hydrogen-bond acceptors (Lipinski definition) is 7. The summed E-state index contributed by atoms with van der Waals surface area (Å²) in [7, 11) is 0. The number of hydrogen-bond donors (Lipinski definition) is 0. The number of alkyl halides is 2. The molecule has 0 radical (unpaired) electrons. The molecule has 0 atom stereocenters. The fourth-order valence-corrected chi connectivity index (χ4v) is 2.77. The zero-order chi connectivity index (χ0) is 21.4. The molecule has 2 aromatic heterocycles. The Balaban J connectivity index is 1.79. The van der Waals surface area contributed by atoms with Gasteiger partial charge in [0.1, 0.15) is 5.60 Å². The number of rotatable bonds is 4. The van der Waals surface area contributed by atoms with Gasteiger partial charge in [0.25, 0.3) is 0 Å². The summed E-state index contributed by atoms with van der Waals surface area (Å²) < 4.78 is 44.9. The van der Waals surface area contributed by atoms with E-state index in [1.807, 2.05) is 0 Å². The second kappa shape index (κ2) is 7.45. The van der Waals surface area contributed by atoms with Crippen LogP contribution >= 0.6 is 0 Å². The molecule has 2 aromatic rings. The summed E-state index contributed by atoms with van der Waals surface area (Å²) in [6, 6.07) is 2.30. The highest BCUT2D eigenvalue weighted by atomic mass is 19.3. The molecule has 0 saturated carbocycles. The predicted octanol–water partition coefficient (Wildman–Crippen LogP) is 2.94. The molecule has 0 bridgehead atoms. The normalized spacial score (nSPS) is 14.5. The van der Waals surface area contributed by atoms with Crippen molar-refractivity contribution in [3.63, 3.8) is 0 Å². The average Bonchev–Trinajstić information content (AvgIpc) is 3.26. The molecule has 0 N–H and O–H groups in total. The molecule has 158 valence electrons. The molecule has 9 nitrogen and oxygen atoms in total. The zero-order valence-corrected chi connectivity index (χ0v) is 16.6. The Morgan fingerprint density at radius 3 is 2.59 bits per heavy atom. The number of nitrogens with zero attached hydrogens (tertiary/aromatic N) is 4. The van der Waals surface area contributed by atoms with E-state index in [0.717, 1.165) is 6.07 Å². The average molecular weight is 412 g/mol. The summed E-state index contributed by atoms with van der Waals surface area (Å²) in [6.07, 6.45) is -0.470. The lowest BCUT2D eigenvalue weighted by molar-refractivity contribution is -0.175. The molecule has 1 aliphatic heterocycles. The van der Waals surface area contributed by atoms with Crippen molar-refractivity contribution in [1.29, 1.82) is 0 Å². The highest BCUT2D eigenvalue weighted by Gasteiger charge is 2.46. The maximum absolute atomic E-state index is 14.1. The first-order chi connectivity index (χ1) is 13.5. The van der Waals surface area contributed by atoms with Crippen molar-refractivity contribution < 1.29 is 32.3 Å². The Morgan fingerprint density at radius 2 is 1.93 bits per heavy atom. The van der Waals surface area contributed by atoms with Gasteiger partial charge in [-0.25, -0.2) is 9.59 Å². The van der Waals surface area contributed by atoms with E-state index in [0.29, 0.717) is 18.9 Å². The fraction of sp³-hybridized carbons (Fsp3) is 0.556. The van der Waals surface area contributed by atoms with Crippen LogP contribution in [0.25, 0.3) is 11.6 Å². The number of fused-ring (bicyclic) bond motifs is 1. The molecule has 3 heterocycles. The molecule has 0 aromatic carbocycles. The van der Waals surface area contributed by atoms with Crippen LogP contribution in [0.1, 0.15) is 39.3 Å². The third kappa shape index (κ3) is 4.22. The van der Waals surface area contributed by atoms with Crippen molar-refractivity contribution in [2.24, 2.45) is 0 Å². The number of furan rings is 1. The van der Waals surface area contributed by atoms with Gasteiger partial charge >= 0.3 is 18.0 Å². The van der Waals surface area contributed by atoms with E-state index in [1.165, 1.54) is 17.9 Å². The van der Waals surface area contributed by atoms with Gasteiger partial charge in [0.05, 0.1) is 13.2 Å². The quantitative estimate of drug-likeness (QED) is 0.712. The molecule has 29 heavy (non-hydrogen) atoms. The van der Waals surface area contributed by atoms with E-state index in [4.69, 9.17) is 9.15 Å². The fourth-order valence-electron chi connectivity index (χ4n) is 2.77. The molecule has 3 rings (SSSR count). The Morgan fingerprint density at radius 1 is 1.21 bits per heavy atom. The second-order valence-electron chi connectivity index (χ2n) is 7.45. The number of ether oxygens (including phenoxy) is 2. The van der Waals surface area contributed by atoms with Gasteiger partial charge in [-0.15, -0.1) is 10.2 Å². The molecule has 0 saturated heterocycles. The van der Waals surface area contributed by atoms with E-state index in [9.17, 15) is 18.4 Å². The van der Waals surface area contributed by atoms with Gasteiger partial charge in [0, 0.05) is 13.1 Å². The van der Waals surface area contributed by atoms with Gasteiger partial charge in [-0.05, 0) is 39.8 Å². The molecular formula is C18H22F2N4O5. The van der Waals surface area contributed by atoms with Gasteiger partial charge in [-0.2, -0.15) is 8.78 Å². The number of amides is 1. The SMILES string of the molecule is CCOC(=O)C(F)(F)c1ccc(-c2nnc3n2CCN(C(=O)OC(C)(C)C)C3)o1. The van der Waals surface area contributed by atoms with Crippen molar-refractivity contribution in [2.45, 2.75) is 52.3 Å². The molecule has 0 spiro atoms. The van der Waals surface area contributed by atoms with Crippen LogP contribution in [0.4, 0.5) is 13.6 Å². The van der Waals surface area contributed by atoms with Crippen LogP contribution in [0.5, 0.6) is 0 Å². The van der Waals surface area contributed by atoms with Crippen LogP contribution in [0.2, 0.25) is 0 Å². The minimum atomic E-state index is -3.91. The lowest BCUT2D eigenvalue weighted by Gasteiger charge is -2.30. The summed E-state index contributed by atoms with van der Waals surface area (Å²) >= 11 is 0. The van der Waals surface area contributed by atoms with Crippen LogP contribution in [0, 0.1) is 0 Å². The highest BCUT2D eigenvalue weighted by molar-refractivity contribution is 5.78. The molecule has 0 unspecified atom stereocenters. The second-order valence-corrected chi connectivity index (χ2v) is 7.45. The summed E-state index contributed by atoms with van der Waals surface area (Å²) in [5.74, 6) is -5.70. The number of esters is 1. The van der Waals surface area contributed by atoms with E-state index < -0.39 is 29.3 Å². The lowest BCUT2D eigenvalue weighted by atomic mass is 10.2. The molecule has 1 aliphatic rings. The summed E-state index contributed by atoms with van der Waals surface area (Å²) in [5.41, 5.74) is -0.623. The largest absolute Gasteiger partial charge is 0.461 e. The molecular weight excluding hydrogens is 390 g/mol. The number of aromatic nitrogens is 3. The maximum Gasteiger partial charge on any atom is 0.410 e. The molecule has 0 fully saturated rings. The van der Waals surface area contributed by atoms with Crippen molar-refractivity contribution in [2.75, 3.05) is 13.2 Å². The highest BCUT2D eigenvalue weighted by Crippen LogP contribution is 2.34. The summed E-state index contributed by atoms with van der Waals surface area (Å²) in [6.45, 7) is 7.41. The first kappa shape index (κ1) is 20.7. The van der Waals surface area contributed by atoms with Crippen LogP contribution < -0.4 is 0 Å². The zero-order valence-electron chi connectivity index (χ0n) is 16.6. The summed E-state index contributed by atoms with van der Waals surface area (Å²) in [4.78, 5) is 25.2. The topological polar surface area (TPSA) is 99.7 Å². The van der Waals surface area contributed by atoms with Crippen LogP contribution in [-0.2, 0) is 33.3 Å². The van der Waals surface area contributed by atoms with Gasteiger partial charge < -0.3 is 18.5 Å². The van der Waals surface area contributed by atoms with Crippen molar-refractivity contribution in [3.05, 3.63) is 23.7 Å². The van der Waals surface area contributed by atoms with Gasteiger partial charge in [0.2, 0.25) is 0 Å². The molecule has 1 amide bonds. The standard InChI is InChI=1S/C18H22F2N4O5/c1-5-27-15(25)18(19,20)12-7-6-11(28-12)14-22-21-13-10-23(8-9-24(13)14)16(26)29-17(2,3)4/h6-7H,5,8-10H2,1-4H3. The van der Waals surface area contributed by atoms with E-state index in [-0.39, 0.29) is 24.7 Å².